The molecule has 0 fully saturated rings. The van der Waals surface area contributed by atoms with Crippen molar-refractivity contribution in [2.75, 3.05) is 0 Å². The maximum Gasteiger partial charge on any atom is 0.170 e. The molecule has 0 saturated heterocycles. The number of hydrogen-bond donors (Lipinski definition) is 2. The molecule has 0 saturated carbocycles. The van der Waals surface area contributed by atoms with Crippen molar-refractivity contribution in [1.29, 1.82) is 0 Å². The van der Waals surface area contributed by atoms with Crippen molar-refractivity contribution in [3.05, 3.63) is 23.3 Å². The average molecular weight is 248 g/mol. The fourth-order valence-electron chi connectivity index (χ4n) is 2.89. The summed E-state index contributed by atoms with van der Waals surface area (Å²) < 4.78 is 0. The van der Waals surface area contributed by atoms with Gasteiger partial charge in [-0.15, -0.1) is 0 Å². The highest BCUT2D eigenvalue weighted by molar-refractivity contribution is 6.05. The summed E-state index contributed by atoms with van der Waals surface area (Å²) in [6.45, 7) is 4.14. The van der Waals surface area contributed by atoms with Gasteiger partial charge in [-0.3, -0.25) is 4.79 Å². The van der Waals surface area contributed by atoms with Crippen LogP contribution in [0, 0.1) is 5.92 Å². The van der Waals surface area contributed by atoms with Gasteiger partial charge >= 0.3 is 0 Å². The molecule has 0 heterocycles. The van der Waals surface area contributed by atoms with Gasteiger partial charge in [0.25, 0.3) is 0 Å². The first-order valence-electron chi connectivity index (χ1n) is 6.66. The van der Waals surface area contributed by atoms with Crippen LogP contribution in [0.2, 0.25) is 0 Å². The molecule has 98 valence electrons. The Balaban J connectivity index is 2.26. The quantitative estimate of drug-likeness (QED) is 0.800. The minimum Gasteiger partial charge on any atom is -0.508 e. The minimum atomic E-state index is -0.0835. The number of phenols is 2. The predicted octanol–water partition coefficient (Wildman–Crippen LogP) is 3.59. The van der Waals surface area contributed by atoms with E-state index >= 15 is 0 Å². The van der Waals surface area contributed by atoms with Crippen LogP contribution in [0.1, 0.15) is 61.4 Å². The molecule has 0 unspecified atom stereocenters. The lowest BCUT2D eigenvalue weighted by molar-refractivity contribution is 0.0915. The van der Waals surface area contributed by atoms with Gasteiger partial charge in [-0.2, -0.15) is 0 Å². The van der Waals surface area contributed by atoms with E-state index in [1.165, 1.54) is 6.07 Å². The smallest absolute Gasteiger partial charge is 0.170 e. The van der Waals surface area contributed by atoms with Gasteiger partial charge in [0.05, 0.1) is 5.56 Å². The fourth-order valence-corrected chi connectivity index (χ4v) is 2.89. The Morgan fingerprint density at radius 1 is 1.22 bits per heavy atom. The lowest BCUT2D eigenvalue weighted by Crippen LogP contribution is -2.11. The monoisotopic (exact) mass is 248 g/mol. The van der Waals surface area contributed by atoms with Gasteiger partial charge in [0.1, 0.15) is 11.5 Å². The summed E-state index contributed by atoms with van der Waals surface area (Å²) in [5.74, 6) is 0.0210. The zero-order chi connectivity index (χ0) is 13.3. The zero-order valence-electron chi connectivity index (χ0n) is 10.9. The Kier molecular flexibility index (Phi) is 3.60. The first kappa shape index (κ1) is 12.9. The number of aromatic hydroxyl groups is 2. The van der Waals surface area contributed by atoms with E-state index in [-0.39, 0.29) is 29.1 Å². The Labute approximate surface area is 107 Å². The lowest BCUT2D eigenvalue weighted by Gasteiger charge is -2.13. The van der Waals surface area contributed by atoms with E-state index in [4.69, 9.17) is 0 Å². The second-order valence-corrected chi connectivity index (χ2v) is 5.18. The third-order valence-electron chi connectivity index (χ3n) is 3.93. The van der Waals surface area contributed by atoms with Crippen LogP contribution in [-0.4, -0.2) is 16.0 Å². The number of hydrogen-bond acceptors (Lipinski definition) is 3. The summed E-state index contributed by atoms with van der Waals surface area (Å²) in [5, 5.41) is 19.3. The zero-order valence-corrected chi connectivity index (χ0v) is 10.9. The van der Waals surface area contributed by atoms with Gasteiger partial charge < -0.3 is 10.2 Å². The summed E-state index contributed by atoms with van der Waals surface area (Å²) in [5.41, 5.74) is 1.21. The molecule has 3 nitrogen and oxygen atoms in total. The first-order valence-corrected chi connectivity index (χ1v) is 6.66. The van der Waals surface area contributed by atoms with E-state index in [1.807, 2.05) is 6.92 Å². The molecule has 1 aliphatic carbocycles. The van der Waals surface area contributed by atoms with Crippen molar-refractivity contribution in [3.63, 3.8) is 0 Å². The Bertz CT molecular complexity index is 465. The molecule has 0 amide bonds. The van der Waals surface area contributed by atoms with Gasteiger partial charge in [-0.1, -0.05) is 33.1 Å². The van der Waals surface area contributed by atoms with Crippen LogP contribution < -0.4 is 0 Å². The number of unbranched alkanes of at least 4 members (excludes halogenated alkanes) is 2. The molecular formula is C15H20O3. The number of rotatable bonds is 4. The molecule has 1 aliphatic rings. The summed E-state index contributed by atoms with van der Waals surface area (Å²) in [4.78, 5) is 12.3. The number of carbonyl (C=O) groups is 1. The molecule has 0 aliphatic heterocycles. The SMILES string of the molecule is CCCCC[C@@H]1C(=O)c2c(O)cc(O)cc2[C@H]1C. The summed E-state index contributed by atoms with van der Waals surface area (Å²) >= 11 is 0. The van der Waals surface area contributed by atoms with Crippen LogP contribution in [0.4, 0.5) is 0 Å². The largest absolute Gasteiger partial charge is 0.508 e. The van der Waals surface area contributed by atoms with Crippen molar-refractivity contribution in [3.8, 4) is 11.5 Å². The van der Waals surface area contributed by atoms with Crippen LogP contribution in [0.25, 0.3) is 0 Å². The Morgan fingerprint density at radius 2 is 1.94 bits per heavy atom. The highest BCUT2D eigenvalue weighted by Gasteiger charge is 2.38. The number of benzene rings is 1. The maximum absolute atomic E-state index is 12.3. The van der Waals surface area contributed by atoms with Crippen molar-refractivity contribution in [2.45, 2.75) is 45.4 Å². The van der Waals surface area contributed by atoms with Crippen molar-refractivity contribution >= 4 is 5.78 Å². The second-order valence-electron chi connectivity index (χ2n) is 5.18. The first-order chi connectivity index (χ1) is 8.56. The molecule has 3 heteroatoms. The van der Waals surface area contributed by atoms with Crippen molar-refractivity contribution < 1.29 is 15.0 Å². The highest BCUT2D eigenvalue weighted by Crippen LogP contribution is 2.45. The van der Waals surface area contributed by atoms with Crippen LogP contribution in [0.3, 0.4) is 0 Å². The van der Waals surface area contributed by atoms with Gasteiger partial charge in [-0.05, 0) is 24.0 Å². The maximum atomic E-state index is 12.3. The van der Waals surface area contributed by atoms with Gasteiger partial charge in [0.15, 0.2) is 5.78 Å². The minimum absolute atomic E-state index is 0.0279. The number of carbonyl (C=O) groups excluding carboxylic acids is 1. The van der Waals surface area contributed by atoms with Crippen LogP contribution in [0.5, 0.6) is 11.5 Å². The van der Waals surface area contributed by atoms with E-state index in [2.05, 4.69) is 6.92 Å². The molecule has 2 N–H and O–H groups in total. The fraction of sp³-hybridized carbons (Fsp3) is 0.533. The van der Waals surface area contributed by atoms with Crippen LogP contribution in [0.15, 0.2) is 12.1 Å². The van der Waals surface area contributed by atoms with Crippen molar-refractivity contribution in [1.82, 2.24) is 0 Å². The van der Waals surface area contributed by atoms with Crippen LogP contribution in [-0.2, 0) is 0 Å². The lowest BCUT2D eigenvalue weighted by atomic mass is 9.89. The molecule has 18 heavy (non-hydrogen) atoms. The molecule has 0 radical (unpaired) electrons. The molecule has 0 bridgehead atoms. The van der Waals surface area contributed by atoms with E-state index in [0.717, 1.165) is 31.2 Å². The molecule has 1 aromatic rings. The molecule has 0 spiro atoms. The summed E-state index contributed by atoms with van der Waals surface area (Å²) in [6, 6.07) is 2.86. The summed E-state index contributed by atoms with van der Waals surface area (Å²) in [7, 11) is 0. The topological polar surface area (TPSA) is 57.5 Å². The average Bonchev–Trinajstić information content (AvgIpc) is 2.54. The van der Waals surface area contributed by atoms with Gasteiger partial charge in [-0.25, -0.2) is 0 Å². The van der Waals surface area contributed by atoms with Crippen molar-refractivity contribution in [2.24, 2.45) is 5.92 Å². The number of fused-ring (bicyclic) bond motifs is 1. The van der Waals surface area contributed by atoms with E-state index < -0.39 is 0 Å². The number of ketones is 1. The van der Waals surface area contributed by atoms with Crippen LogP contribution >= 0.6 is 0 Å². The number of Topliss-reactive ketones (excluding diaryl/α,β-unsaturated/α-hetero) is 1. The molecule has 2 rings (SSSR count). The van der Waals surface area contributed by atoms with E-state index in [1.54, 1.807) is 6.07 Å². The van der Waals surface area contributed by atoms with E-state index in [9.17, 15) is 15.0 Å². The van der Waals surface area contributed by atoms with Gasteiger partial charge in [0, 0.05) is 12.0 Å². The normalized spacial score (nSPS) is 22.2. The molecule has 2 atom stereocenters. The Morgan fingerprint density at radius 3 is 2.61 bits per heavy atom. The third kappa shape index (κ3) is 2.09. The molecule has 1 aromatic carbocycles. The van der Waals surface area contributed by atoms with Gasteiger partial charge in [0.2, 0.25) is 0 Å². The standard InChI is InChI=1S/C15H20O3/c1-3-4-5-6-11-9(2)12-7-10(16)8-13(17)14(12)15(11)18/h7-9,11,16-17H,3-6H2,1-2H3/t9-,11-/m0/s1. The third-order valence-corrected chi connectivity index (χ3v) is 3.93. The van der Waals surface area contributed by atoms with E-state index in [0.29, 0.717) is 5.56 Å². The number of phenolic OH excluding ortho intramolecular Hbond substituents is 2. The molecule has 0 aromatic heterocycles. The predicted molar refractivity (Wildman–Crippen MR) is 70.1 cm³/mol. The second kappa shape index (κ2) is 5.01. The molecular weight excluding hydrogens is 228 g/mol. The summed E-state index contributed by atoms with van der Waals surface area (Å²) in [6.07, 6.45) is 4.17. The highest BCUT2D eigenvalue weighted by atomic mass is 16.3. The Hall–Kier alpha value is -1.51.